The molecule has 2 N–H and O–H groups in total. The number of hydrogen-bond acceptors (Lipinski definition) is 3. The Balaban J connectivity index is 1.53. The smallest absolute Gasteiger partial charge is 0.243 e. The Bertz CT molecular complexity index is 836. The normalized spacial score (nSPS) is 16.3. The van der Waals surface area contributed by atoms with Crippen molar-refractivity contribution in [3.63, 3.8) is 0 Å². The molecule has 1 aliphatic rings. The molecule has 0 aliphatic carbocycles. The summed E-state index contributed by atoms with van der Waals surface area (Å²) in [4.78, 5) is 38.3. The van der Waals surface area contributed by atoms with Gasteiger partial charge >= 0.3 is 0 Å². The van der Waals surface area contributed by atoms with E-state index in [1.807, 2.05) is 54.6 Å². The van der Waals surface area contributed by atoms with E-state index in [0.717, 1.165) is 23.2 Å². The quantitative estimate of drug-likeness (QED) is 0.796. The molecule has 2 aromatic rings. The zero-order valence-corrected chi connectivity index (χ0v) is 15.3. The summed E-state index contributed by atoms with van der Waals surface area (Å²) in [5.74, 6) is -1.22. The lowest BCUT2D eigenvalue weighted by Crippen LogP contribution is -2.45. The van der Waals surface area contributed by atoms with E-state index in [1.165, 1.54) is 0 Å². The number of anilines is 1. The lowest BCUT2D eigenvalue weighted by Gasteiger charge is -2.17. The number of benzene rings is 2. The molecule has 0 spiro atoms. The molecule has 0 unspecified atom stereocenters. The topological polar surface area (TPSA) is 78.5 Å². The second-order valence-electron chi connectivity index (χ2n) is 6.63. The zero-order chi connectivity index (χ0) is 19.2. The van der Waals surface area contributed by atoms with E-state index in [-0.39, 0.29) is 30.6 Å². The van der Waals surface area contributed by atoms with Gasteiger partial charge in [-0.05, 0) is 29.7 Å². The van der Waals surface area contributed by atoms with E-state index in [0.29, 0.717) is 6.54 Å². The Labute approximate surface area is 158 Å². The summed E-state index contributed by atoms with van der Waals surface area (Å²) < 4.78 is 0. The number of nitrogens with zero attached hydrogens (tertiary/aromatic N) is 1. The number of hydrogen-bond donors (Lipinski definition) is 2. The highest BCUT2D eigenvalue weighted by Gasteiger charge is 2.35. The van der Waals surface area contributed by atoms with Gasteiger partial charge in [-0.3, -0.25) is 25.2 Å². The Kier molecular flexibility index (Phi) is 5.86. The van der Waals surface area contributed by atoms with Gasteiger partial charge in [0.2, 0.25) is 17.7 Å². The molecule has 27 heavy (non-hydrogen) atoms. The van der Waals surface area contributed by atoms with Crippen molar-refractivity contribution in [3.8, 4) is 0 Å². The van der Waals surface area contributed by atoms with E-state index in [2.05, 4.69) is 17.8 Å². The van der Waals surface area contributed by atoms with Crippen LogP contribution in [0.15, 0.2) is 54.6 Å². The van der Waals surface area contributed by atoms with E-state index >= 15 is 0 Å². The first-order valence-electron chi connectivity index (χ1n) is 9.08. The number of rotatable bonds is 5. The highest BCUT2D eigenvalue weighted by molar-refractivity contribution is 6.00. The largest absolute Gasteiger partial charge is 0.312 e. The van der Waals surface area contributed by atoms with Gasteiger partial charge in [-0.15, -0.1) is 0 Å². The van der Waals surface area contributed by atoms with Gasteiger partial charge in [0, 0.05) is 18.7 Å². The molecule has 1 heterocycles. The third kappa shape index (κ3) is 4.73. The minimum Gasteiger partial charge on any atom is -0.312 e. The molecular weight excluding hydrogens is 342 g/mol. The van der Waals surface area contributed by atoms with Crippen LogP contribution in [0.1, 0.15) is 24.5 Å². The average molecular weight is 365 g/mol. The number of aryl methyl sites for hydroxylation is 1. The Morgan fingerprint density at radius 3 is 2.52 bits per heavy atom. The molecule has 1 aliphatic heterocycles. The van der Waals surface area contributed by atoms with E-state index in [9.17, 15) is 14.4 Å². The molecule has 0 aromatic heterocycles. The molecule has 2 aromatic carbocycles. The van der Waals surface area contributed by atoms with Crippen LogP contribution in [0.5, 0.6) is 0 Å². The maximum atomic E-state index is 12.3. The molecule has 6 heteroatoms. The van der Waals surface area contributed by atoms with Crippen molar-refractivity contribution < 1.29 is 14.4 Å². The third-order valence-corrected chi connectivity index (χ3v) is 4.66. The summed E-state index contributed by atoms with van der Waals surface area (Å²) in [5, 5.41) is 0. The Morgan fingerprint density at radius 1 is 1.04 bits per heavy atom. The van der Waals surface area contributed by atoms with Crippen molar-refractivity contribution >= 4 is 23.4 Å². The van der Waals surface area contributed by atoms with Crippen LogP contribution in [0.3, 0.4) is 0 Å². The molecule has 3 rings (SSSR count). The minimum absolute atomic E-state index is 0.0842. The van der Waals surface area contributed by atoms with Crippen LogP contribution in [0.4, 0.5) is 5.69 Å². The Hall–Kier alpha value is -3.15. The van der Waals surface area contributed by atoms with Crippen LogP contribution in [-0.4, -0.2) is 24.3 Å². The van der Waals surface area contributed by atoms with Gasteiger partial charge in [0.15, 0.2) is 0 Å². The first-order valence-corrected chi connectivity index (χ1v) is 9.08. The number of nitrogens with one attached hydrogen (secondary N) is 2. The minimum atomic E-state index is -0.486. The predicted octanol–water partition coefficient (Wildman–Crippen LogP) is 1.99. The van der Waals surface area contributed by atoms with Crippen LogP contribution in [-0.2, 0) is 27.2 Å². The number of amides is 3. The lowest BCUT2D eigenvalue weighted by molar-refractivity contribution is -0.131. The lowest BCUT2D eigenvalue weighted by atomic mass is 10.1. The zero-order valence-electron chi connectivity index (χ0n) is 15.3. The van der Waals surface area contributed by atoms with Gasteiger partial charge < -0.3 is 4.90 Å². The van der Waals surface area contributed by atoms with Crippen LogP contribution in [0.2, 0.25) is 0 Å². The number of hydrazine groups is 1. The fraction of sp³-hybridized carbons (Fsp3) is 0.286. The third-order valence-electron chi connectivity index (χ3n) is 4.66. The summed E-state index contributed by atoms with van der Waals surface area (Å²) in [6.45, 7) is 2.37. The van der Waals surface area contributed by atoms with Gasteiger partial charge in [0.25, 0.3) is 0 Å². The second kappa shape index (κ2) is 8.49. The second-order valence-corrected chi connectivity index (χ2v) is 6.63. The number of carbonyl (C=O) groups excluding carboxylic acids is 3. The summed E-state index contributed by atoms with van der Waals surface area (Å²) in [7, 11) is 0. The van der Waals surface area contributed by atoms with Crippen LogP contribution >= 0.6 is 0 Å². The Morgan fingerprint density at radius 2 is 1.78 bits per heavy atom. The fourth-order valence-corrected chi connectivity index (χ4v) is 3.14. The molecule has 0 bridgehead atoms. The maximum Gasteiger partial charge on any atom is 0.243 e. The van der Waals surface area contributed by atoms with Gasteiger partial charge in [-0.25, -0.2) is 0 Å². The summed E-state index contributed by atoms with van der Waals surface area (Å²) in [5.41, 5.74) is 7.68. The highest BCUT2D eigenvalue weighted by atomic mass is 16.2. The average Bonchev–Trinajstić information content (AvgIpc) is 3.09. The molecule has 1 fully saturated rings. The molecule has 140 valence electrons. The van der Waals surface area contributed by atoms with Crippen LogP contribution in [0.25, 0.3) is 0 Å². The molecule has 1 saturated heterocycles. The molecule has 1 atom stereocenters. The van der Waals surface area contributed by atoms with Crippen molar-refractivity contribution in [3.05, 3.63) is 65.7 Å². The van der Waals surface area contributed by atoms with Gasteiger partial charge in [-0.1, -0.05) is 49.4 Å². The standard InChI is InChI=1S/C21H23N3O3/c1-2-15-9-6-10-18(11-15)24-14-17(13-20(24)26)21(27)23-22-19(25)12-16-7-4-3-5-8-16/h3-11,17H,2,12-14H2,1H3,(H,22,25)(H,23,27)/t17-/m1/s1. The van der Waals surface area contributed by atoms with Crippen LogP contribution in [0, 0.1) is 5.92 Å². The van der Waals surface area contributed by atoms with Crippen molar-refractivity contribution in [1.29, 1.82) is 0 Å². The van der Waals surface area contributed by atoms with Crippen molar-refractivity contribution in [2.75, 3.05) is 11.4 Å². The summed E-state index contributed by atoms with van der Waals surface area (Å²) in [6, 6.07) is 17.1. The van der Waals surface area contributed by atoms with Gasteiger partial charge in [0.05, 0.1) is 12.3 Å². The molecule has 3 amide bonds. The predicted molar refractivity (Wildman–Crippen MR) is 103 cm³/mol. The molecule has 6 nitrogen and oxygen atoms in total. The fourth-order valence-electron chi connectivity index (χ4n) is 3.14. The van der Waals surface area contributed by atoms with Gasteiger partial charge in [-0.2, -0.15) is 0 Å². The molecular formula is C21H23N3O3. The van der Waals surface area contributed by atoms with E-state index in [1.54, 1.807) is 4.90 Å². The first-order chi connectivity index (χ1) is 13.1. The van der Waals surface area contributed by atoms with Crippen molar-refractivity contribution in [2.24, 2.45) is 5.92 Å². The first kappa shape index (κ1) is 18.6. The summed E-state index contributed by atoms with van der Waals surface area (Å²) in [6.07, 6.45) is 1.20. The highest BCUT2D eigenvalue weighted by Crippen LogP contribution is 2.26. The van der Waals surface area contributed by atoms with Crippen molar-refractivity contribution in [1.82, 2.24) is 10.9 Å². The summed E-state index contributed by atoms with van der Waals surface area (Å²) >= 11 is 0. The van der Waals surface area contributed by atoms with Crippen LogP contribution < -0.4 is 15.8 Å². The molecule has 0 saturated carbocycles. The number of carbonyl (C=O) groups is 3. The SMILES string of the molecule is CCc1cccc(N2C[C@H](C(=O)NNC(=O)Cc3ccccc3)CC2=O)c1. The van der Waals surface area contributed by atoms with E-state index in [4.69, 9.17) is 0 Å². The molecule has 0 radical (unpaired) electrons. The van der Waals surface area contributed by atoms with Gasteiger partial charge in [0.1, 0.15) is 0 Å². The van der Waals surface area contributed by atoms with Crippen molar-refractivity contribution in [2.45, 2.75) is 26.2 Å². The van der Waals surface area contributed by atoms with E-state index < -0.39 is 5.92 Å². The monoisotopic (exact) mass is 365 g/mol. The maximum absolute atomic E-state index is 12.3.